The Balaban J connectivity index is 1.87. The quantitative estimate of drug-likeness (QED) is 0.656. The first-order valence-electron chi connectivity index (χ1n) is 6.68. The lowest BCUT2D eigenvalue weighted by atomic mass is 9.95. The summed E-state index contributed by atoms with van der Waals surface area (Å²) in [5.74, 6) is 0. The molecular weight excluding hydrogens is 186 g/mol. The Morgan fingerprint density at radius 3 is 2.67 bits per heavy atom. The van der Waals surface area contributed by atoms with E-state index in [0.29, 0.717) is 6.10 Å². The zero-order valence-electron chi connectivity index (χ0n) is 10.4. The lowest BCUT2D eigenvalue weighted by molar-refractivity contribution is 0.0616. The van der Waals surface area contributed by atoms with E-state index < -0.39 is 0 Å². The van der Waals surface area contributed by atoms with Gasteiger partial charge in [-0.3, -0.25) is 0 Å². The Morgan fingerprint density at radius 1 is 1.27 bits per heavy atom. The van der Waals surface area contributed by atoms with Gasteiger partial charge in [0, 0.05) is 12.6 Å². The summed E-state index contributed by atoms with van der Waals surface area (Å²) >= 11 is 0. The van der Waals surface area contributed by atoms with Crippen LogP contribution in [-0.2, 0) is 4.74 Å². The van der Waals surface area contributed by atoms with Crippen LogP contribution in [0, 0.1) is 0 Å². The minimum absolute atomic E-state index is 0.430. The summed E-state index contributed by atoms with van der Waals surface area (Å²) < 4.78 is 5.64. The normalized spacial score (nSPS) is 20.4. The molecule has 0 amide bonds. The van der Waals surface area contributed by atoms with Crippen molar-refractivity contribution >= 4 is 0 Å². The fraction of sp³-hybridized carbons (Fsp3) is 1.00. The second kappa shape index (κ2) is 8.12. The average Bonchev–Trinajstić information content (AvgIpc) is 2.29. The van der Waals surface area contributed by atoms with Gasteiger partial charge in [0.25, 0.3) is 0 Å². The molecular formula is C13H27NO. The van der Waals surface area contributed by atoms with E-state index in [9.17, 15) is 0 Å². The van der Waals surface area contributed by atoms with Gasteiger partial charge in [-0.15, -0.1) is 0 Å². The SMILES string of the molecule is CCC(C)OCCCNC1CCCCC1. The highest BCUT2D eigenvalue weighted by Gasteiger charge is 2.11. The molecule has 0 aromatic carbocycles. The van der Waals surface area contributed by atoms with Gasteiger partial charge in [0.15, 0.2) is 0 Å². The molecule has 0 saturated heterocycles. The Labute approximate surface area is 94.8 Å². The highest BCUT2D eigenvalue weighted by Crippen LogP contribution is 2.17. The number of ether oxygens (including phenoxy) is 1. The van der Waals surface area contributed by atoms with Crippen LogP contribution in [0.15, 0.2) is 0 Å². The van der Waals surface area contributed by atoms with Crippen molar-refractivity contribution < 1.29 is 4.74 Å². The van der Waals surface area contributed by atoms with Crippen LogP contribution >= 0.6 is 0 Å². The lowest BCUT2D eigenvalue weighted by Gasteiger charge is -2.22. The highest BCUT2D eigenvalue weighted by atomic mass is 16.5. The van der Waals surface area contributed by atoms with Crippen molar-refractivity contribution in [2.45, 2.75) is 70.9 Å². The molecule has 0 bridgehead atoms. The van der Waals surface area contributed by atoms with Crippen molar-refractivity contribution in [1.29, 1.82) is 0 Å². The highest BCUT2D eigenvalue weighted by molar-refractivity contribution is 4.71. The molecule has 0 heterocycles. The lowest BCUT2D eigenvalue weighted by Crippen LogP contribution is -2.32. The average molecular weight is 213 g/mol. The molecule has 90 valence electrons. The van der Waals surface area contributed by atoms with E-state index >= 15 is 0 Å². The summed E-state index contributed by atoms with van der Waals surface area (Å²) in [5, 5.41) is 3.63. The monoisotopic (exact) mass is 213 g/mol. The maximum Gasteiger partial charge on any atom is 0.0544 e. The Kier molecular flexibility index (Phi) is 7.03. The topological polar surface area (TPSA) is 21.3 Å². The van der Waals surface area contributed by atoms with E-state index in [1.54, 1.807) is 0 Å². The molecule has 0 radical (unpaired) electrons. The largest absolute Gasteiger partial charge is 0.378 e. The summed E-state index contributed by atoms with van der Waals surface area (Å²) in [7, 11) is 0. The van der Waals surface area contributed by atoms with E-state index in [4.69, 9.17) is 4.74 Å². The Hall–Kier alpha value is -0.0800. The molecule has 0 aliphatic heterocycles. The van der Waals surface area contributed by atoms with Crippen LogP contribution < -0.4 is 5.32 Å². The van der Waals surface area contributed by atoms with Gasteiger partial charge in [0.1, 0.15) is 0 Å². The molecule has 2 nitrogen and oxygen atoms in total. The van der Waals surface area contributed by atoms with Crippen LogP contribution in [0.2, 0.25) is 0 Å². The predicted molar refractivity (Wildman–Crippen MR) is 65.2 cm³/mol. The van der Waals surface area contributed by atoms with Gasteiger partial charge >= 0.3 is 0 Å². The zero-order valence-corrected chi connectivity index (χ0v) is 10.4. The maximum absolute atomic E-state index is 5.64. The summed E-state index contributed by atoms with van der Waals surface area (Å²) in [5.41, 5.74) is 0. The predicted octanol–water partition coefficient (Wildman–Crippen LogP) is 3.11. The smallest absolute Gasteiger partial charge is 0.0544 e. The van der Waals surface area contributed by atoms with Crippen molar-refractivity contribution in [2.75, 3.05) is 13.2 Å². The van der Waals surface area contributed by atoms with E-state index in [1.807, 2.05) is 0 Å². The standard InChI is InChI=1S/C13H27NO/c1-3-12(2)15-11-7-10-14-13-8-5-4-6-9-13/h12-14H,3-11H2,1-2H3. The first kappa shape index (κ1) is 13.0. The van der Waals surface area contributed by atoms with Crippen LogP contribution in [0.4, 0.5) is 0 Å². The van der Waals surface area contributed by atoms with Crippen molar-refractivity contribution in [3.8, 4) is 0 Å². The second-order valence-corrected chi connectivity index (χ2v) is 4.73. The van der Waals surface area contributed by atoms with Crippen molar-refractivity contribution in [3.05, 3.63) is 0 Å². The third kappa shape index (κ3) is 6.16. The van der Waals surface area contributed by atoms with Gasteiger partial charge in [-0.2, -0.15) is 0 Å². The van der Waals surface area contributed by atoms with Gasteiger partial charge in [-0.1, -0.05) is 26.2 Å². The summed E-state index contributed by atoms with van der Waals surface area (Å²) in [4.78, 5) is 0. The zero-order chi connectivity index (χ0) is 10.9. The molecule has 1 unspecified atom stereocenters. The fourth-order valence-electron chi connectivity index (χ4n) is 2.09. The molecule has 1 atom stereocenters. The molecule has 1 saturated carbocycles. The first-order valence-corrected chi connectivity index (χ1v) is 6.68. The Bertz CT molecular complexity index is 143. The minimum atomic E-state index is 0.430. The van der Waals surface area contributed by atoms with Crippen LogP contribution in [0.3, 0.4) is 0 Å². The van der Waals surface area contributed by atoms with Crippen molar-refractivity contribution in [3.63, 3.8) is 0 Å². The van der Waals surface area contributed by atoms with Crippen LogP contribution in [0.5, 0.6) is 0 Å². The molecule has 1 N–H and O–H groups in total. The van der Waals surface area contributed by atoms with Crippen LogP contribution in [-0.4, -0.2) is 25.3 Å². The Morgan fingerprint density at radius 2 is 2.00 bits per heavy atom. The van der Waals surface area contributed by atoms with Crippen molar-refractivity contribution in [2.24, 2.45) is 0 Å². The van der Waals surface area contributed by atoms with E-state index in [-0.39, 0.29) is 0 Å². The third-order valence-electron chi connectivity index (χ3n) is 3.34. The molecule has 15 heavy (non-hydrogen) atoms. The fourth-order valence-corrected chi connectivity index (χ4v) is 2.09. The maximum atomic E-state index is 5.64. The number of hydrogen-bond donors (Lipinski definition) is 1. The number of rotatable bonds is 7. The summed E-state index contributed by atoms with van der Waals surface area (Å²) in [6.07, 6.45) is 9.74. The molecule has 0 spiro atoms. The molecule has 1 aliphatic carbocycles. The third-order valence-corrected chi connectivity index (χ3v) is 3.34. The van der Waals surface area contributed by atoms with E-state index in [0.717, 1.165) is 32.0 Å². The van der Waals surface area contributed by atoms with Gasteiger partial charge in [0.2, 0.25) is 0 Å². The first-order chi connectivity index (χ1) is 7.33. The summed E-state index contributed by atoms with van der Waals surface area (Å²) in [6.45, 7) is 6.36. The van der Waals surface area contributed by atoms with Crippen LogP contribution in [0.1, 0.15) is 58.8 Å². The number of nitrogens with one attached hydrogen (secondary N) is 1. The van der Waals surface area contributed by atoms with Gasteiger partial charge in [-0.25, -0.2) is 0 Å². The molecule has 2 heteroatoms. The second-order valence-electron chi connectivity index (χ2n) is 4.73. The minimum Gasteiger partial charge on any atom is -0.378 e. The molecule has 1 aliphatic rings. The number of hydrogen-bond acceptors (Lipinski definition) is 2. The van der Waals surface area contributed by atoms with Crippen molar-refractivity contribution in [1.82, 2.24) is 5.32 Å². The van der Waals surface area contributed by atoms with E-state index in [2.05, 4.69) is 19.2 Å². The molecule has 1 rings (SSSR count). The van der Waals surface area contributed by atoms with Gasteiger partial charge < -0.3 is 10.1 Å². The molecule has 0 aromatic rings. The summed E-state index contributed by atoms with van der Waals surface area (Å²) in [6, 6.07) is 0.794. The molecule has 1 fully saturated rings. The van der Waals surface area contributed by atoms with Crippen LogP contribution in [0.25, 0.3) is 0 Å². The van der Waals surface area contributed by atoms with Gasteiger partial charge in [-0.05, 0) is 39.2 Å². The van der Waals surface area contributed by atoms with Gasteiger partial charge in [0.05, 0.1) is 6.10 Å². The van der Waals surface area contributed by atoms with E-state index in [1.165, 1.54) is 32.1 Å². The molecule has 0 aromatic heterocycles.